The lowest BCUT2D eigenvalue weighted by Crippen LogP contribution is -2.34. The standard InChI is InChI=1S/C22H23FN6.C8H19N.C2H6/c1-2-15-11-27-29-9-6-16(10-19(15)29)17-12-24-20-18(17)13-25-21(28-20)26-14-22(23)7-4-3-5-8-22;1-4-6-8(9-3)7-5-2;1-2/h2,6,9-13H,1,3-5,7-8,14H2,(H2,24,25,26,28);8-9H,4-7H2,1-3H3;1-2H3. The maximum Gasteiger partial charge on any atom is 0.224 e. The lowest BCUT2D eigenvalue weighted by molar-refractivity contribution is 0.122. The Labute approximate surface area is 239 Å². The van der Waals surface area contributed by atoms with Crippen molar-refractivity contribution in [1.29, 1.82) is 0 Å². The van der Waals surface area contributed by atoms with Gasteiger partial charge < -0.3 is 15.6 Å². The van der Waals surface area contributed by atoms with E-state index in [1.807, 2.05) is 36.8 Å². The van der Waals surface area contributed by atoms with E-state index in [1.54, 1.807) is 18.5 Å². The Bertz CT molecular complexity index is 1310. The monoisotopic (exact) mass is 549 g/mol. The van der Waals surface area contributed by atoms with E-state index in [9.17, 15) is 4.39 Å². The molecule has 0 bridgehead atoms. The van der Waals surface area contributed by atoms with Crippen LogP contribution in [0.25, 0.3) is 33.8 Å². The van der Waals surface area contributed by atoms with Crippen molar-refractivity contribution in [3.63, 3.8) is 0 Å². The fourth-order valence-electron chi connectivity index (χ4n) is 5.29. The van der Waals surface area contributed by atoms with Crippen LogP contribution in [0.2, 0.25) is 0 Å². The molecule has 7 nitrogen and oxygen atoms in total. The average Bonchev–Trinajstić information content (AvgIpc) is 3.61. The van der Waals surface area contributed by atoms with Gasteiger partial charge in [0.1, 0.15) is 11.3 Å². The molecule has 5 rings (SSSR count). The normalized spacial score (nSPS) is 14.4. The predicted octanol–water partition coefficient (Wildman–Crippen LogP) is 8.20. The molecule has 218 valence electrons. The van der Waals surface area contributed by atoms with Crippen molar-refractivity contribution in [3.05, 3.63) is 49.1 Å². The van der Waals surface area contributed by atoms with Crippen LogP contribution in [0.1, 0.15) is 91.0 Å². The Morgan fingerprint density at radius 2 is 1.88 bits per heavy atom. The van der Waals surface area contributed by atoms with Gasteiger partial charge in [-0.2, -0.15) is 10.1 Å². The molecule has 0 unspecified atom stereocenters. The maximum absolute atomic E-state index is 14.8. The number of fused-ring (bicyclic) bond motifs is 2. The third-order valence-electron chi connectivity index (χ3n) is 7.51. The molecular weight excluding hydrogens is 501 g/mol. The summed E-state index contributed by atoms with van der Waals surface area (Å²) in [4.78, 5) is 12.2. The van der Waals surface area contributed by atoms with Gasteiger partial charge in [0.15, 0.2) is 0 Å². The molecule has 4 aromatic heterocycles. The van der Waals surface area contributed by atoms with Gasteiger partial charge in [0.2, 0.25) is 5.95 Å². The summed E-state index contributed by atoms with van der Waals surface area (Å²) in [7, 11) is 2.05. The minimum atomic E-state index is -1.15. The summed E-state index contributed by atoms with van der Waals surface area (Å²) in [5.41, 5.74) is 3.61. The van der Waals surface area contributed by atoms with E-state index in [0.29, 0.717) is 18.8 Å². The fourth-order valence-corrected chi connectivity index (χ4v) is 5.29. The first-order valence-corrected chi connectivity index (χ1v) is 15.0. The SMILES string of the molecule is C=Cc1cnn2ccc(-c3c[nH]c4nc(NCC5(F)CCCCC5)ncc34)cc12.CC.CCCC(CCC)NC. The number of hydrogen-bond donors (Lipinski definition) is 3. The molecule has 1 aliphatic carbocycles. The van der Waals surface area contributed by atoms with Gasteiger partial charge >= 0.3 is 0 Å². The number of H-pyrrole nitrogens is 1. The zero-order valence-electron chi connectivity index (χ0n) is 25.1. The number of nitrogens with one attached hydrogen (secondary N) is 3. The van der Waals surface area contributed by atoms with E-state index in [2.05, 4.69) is 64.2 Å². The first-order valence-electron chi connectivity index (χ1n) is 15.0. The van der Waals surface area contributed by atoms with Crippen molar-refractivity contribution in [2.24, 2.45) is 0 Å². The summed E-state index contributed by atoms with van der Waals surface area (Å²) < 4.78 is 16.6. The second-order valence-electron chi connectivity index (χ2n) is 10.3. The minimum Gasteiger partial charge on any atom is -0.351 e. The third kappa shape index (κ3) is 7.90. The van der Waals surface area contributed by atoms with Crippen LogP contribution >= 0.6 is 0 Å². The van der Waals surface area contributed by atoms with E-state index in [4.69, 9.17) is 0 Å². The van der Waals surface area contributed by atoms with Crippen LogP contribution in [0.15, 0.2) is 43.5 Å². The third-order valence-corrected chi connectivity index (χ3v) is 7.51. The number of aromatic nitrogens is 5. The topological polar surface area (TPSA) is 82.9 Å². The van der Waals surface area contributed by atoms with E-state index < -0.39 is 5.67 Å². The summed E-state index contributed by atoms with van der Waals surface area (Å²) in [5, 5.41) is 11.6. The number of alkyl halides is 1. The Kier molecular flexibility index (Phi) is 12.1. The highest BCUT2D eigenvalue weighted by Gasteiger charge is 2.31. The lowest BCUT2D eigenvalue weighted by Gasteiger charge is -2.29. The van der Waals surface area contributed by atoms with Crippen LogP contribution in [0.3, 0.4) is 0 Å². The number of aromatic amines is 1. The highest BCUT2D eigenvalue weighted by atomic mass is 19.1. The number of nitrogens with zero attached hydrogens (tertiary/aromatic N) is 4. The molecule has 1 saturated carbocycles. The Balaban J connectivity index is 0.000000345. The zero-order chi connectivity index (χ0) is 29.0. The van der Waals surface area contributed by atoms with Gasteiger partial charge in [-0.05, 0) is 50.4 Å². The summed E-state index contributed by atoms with van der Waals surface area (Å²) in [6, 6.07) is 4.85. The minimum absolute atomic E-state index is 0.258. The molecule has 40 heavy (non-hydrogen) atoms. The van der Waals surface area contributed by atoms with Crippen molar-refractivity contribution in [2.75, 3.05) is 18.9 Å². The number of pyridine rings is 1. The number of anilines is 1. The van der Waals surface area contributed by atoms with Crippen LogP contribution in [0.4, 0.5) is 10.3 Å². The number of halogens is 1. The van der Waals surface area contributed by atoms with E-state index in [-0.39, 0.29) is 6.54 Å². The molecule has 4 aromatic rings. The fraction of sp³-hybridized carbons (Fsp3) is 0.531. The molecule has 0 atom stereocenters. The molecule has 3 N–H and O–H groups in total. The van der Waals surface area contributed by atoms with Crippen LogP contribution in [-0.4, -0.2) is 49.9 Å². The molecule has 0 saturated heterocycles. The van der Waals surface area contributed by atoms with Crippen LogP contribution < -0.4 is 10.6 Å². The van der Waals surface area contributed by atoms with Gasteiger partial charge in [-0.25, -0.2) is 13.9 Å². The van der Waals surface area contributed by atoms with Crippen LogP contribution in [0.5, 0.6) is 0 Å². The smallest absolute Gasteiger partial charge is 0.224 e. The van der Waals surface area contributed by atoms with Crippen LogP contribution in [-0.2, 0) is 0 Å². The molecule has 0 spiro atoms. The van der Waals surface area contributed by atoms with Crippen LogP contribution in [0, 0.1) is 0 Å². The summed E-state index contributed by atoms with van der Waals surface area (Å²) in [5.74, 6) is 0.452. The van der Waals surface area contributed by atoms with Gasteiger partial charge in [0, 0.05) is 41.1 Å². The number of hydrogen-bond acceptors (Lipinski definition) is 5. The Morgan fingerprint density at radius 3 is 2.52 bits per heavy atom. The van der Waals surface area contributed by atoms with Crippen molar-refractivity contribution < 1.29 is 4.39 Å². The second kappa shape index (κ2) is 15.5. The molecule has 0 aromatic carbocycles. The average molecular weight is 550 g/mol. The molecule has 4 heterocycles. The highest BCUT2D eigenvalue weighted by molar-refractivity contribution is 5.94. The number of rotatable bonds is 10. The maximum atomic E-state index is 14.8. The molecule has 8 heteroatoms. The quantitative estimate of drug-likeness (QED) is 0.186. The predicted molar refractivity (Wildman–Crippen MR) is 168 cm³/mol. The van der Waals surface area contributed by atoms with Gasteiger partial charge in [-0.3, -0.25) is 0 Å². The van der Waals surface area contributed by atoms with Gasteiger partial charge in [-0.1, -0.05) is 72.5 Å². The van der Waals surface area contributed by atoms with Gasteiger partial charge in [0.05, 0.1) is 18.3 Å². The highest BCUT2D eigenvalue weighted by Crippen LogP contribution is 2.32. The lowest BCUT2D eigenvalue weighted by atomic mass is 9.86. The van der Waals surface area contributed by atoms with Crippen molar-refractivity contribution in [3.8, 4) is 11.1 Å². The molecule has 1 aliphatic rings. The van der Waals surface area contributed by atoms with Gasteiger partial charge in [0.25, 0.3) is 0 Å². The summed E-state index contributed by atoms with van der Waals surface area (Å²) >= 11 is 0. The molecule has 0 amide bonds. The van der Waals surface area contributed by atoms with Gasteiger partial charge in [-0.15, -0.1) is 0 Å². The summed E-state index contributed by atoms with van der Waals surface area (Å²) in [6.07, 6.45) is 18.7. The molecular formula is C32H48FN7. The van der Waals surface area contributed by atoms with Crippen molar-refractivity contribution in [1.82, 2.24) is 29.9 Å². The Hall–Kier alpha value is -3.26. The summed E-state index contributed by atoms with van der Waals surface area (Å²) in [6.45, 7) is 12.6. The second-order valence-corrected chi connectivity index (χ2v) is 10.3. The van der Waals surface area contributed by atoms with Crippen molar-refractivity contribution in [2.45, 2.75) is 97.2 Å². The zero-order valence-corrected chi connectivity index (χ0v) is 25.1. The van der Waals surface area contributed by atoms with E-state index in [0.717, 1.165) is 58.5 Å². The first-order chi connectivity index (χ1) is 19.5. The van der Waals surface area contributed by atoms with E-state index in [1.165, 1.54) is 25.7 Å². The molecule has 0 aliphatic heterocycles. The molecule has 0 radical (unpaired) electrons. The van der Waals surface area contributed by atoms with E-state index >= 15 is 0 Å². The Morgan fingerprint density at radius 1 is 1.15 bits per heavy atom. The first kappa shape index (κ1) is 31.3. The largest absolute Gasteiger partial charge is 0.351 e. The van der Waals surface area contributed by atoms with Crippen molar-refractivity contribution >= 4 is 28.6 Å². The molecule has 1 fully saturated rings.